The summed E-state index contributed by atoms with van der Waals surface area (Å²) in [5.74, 6) is -1.11. The maximum Gasteiger partial charge on any atom is 0.308 e. The third kappa shape index (κ3) is 5.68. The van der Waals surface area contributed by atoms with E-state index in [4.69, 9.17) is 4.74 Å². The number of rotatable bonds is 8. The largest absolute Gasteiger partial charge is 0.456 e. The number of likely N-dealkylation sites (N-methyl/N-ethyl adjacent to an activating group) is 1. The van der Waals surface area contributed by atoms with Gasteiger partial charge in [-0.05, 0) is 44.5 Å². The quantitative estimate of drug-likeness (QED) is 0.678. The zero-order valence-electron chi connectivity index (χ0n) is 15.4. The van der Waals surface area contributed by atoms with Crippen LogP contribution in [-0.4, -0.2) is 39.7 Å². The second kappa shape index (κ2) is 9.12. The van der Waals surface area contributed by atoms with Crippen molar-refractivity contribution < 1.29 is 18.7 Å². The fourth-order valence-electron chi connectivity index (χ4n) is 2.64. The molecular weight excluding hydrogens is 337 g/mol. The molecule has 0 unspecified atom stereocenters. The van der Waals surface area contributed by atoms with Crippen molar-refractivity contribution in [3.05, 3.63) is 53.1 Å². The predicted molar refractivity (Wildman–Crippen MR) is 94.8 cm³/mol. The molecule has 7 heteroatoms. The molecule has 6 nitrogen and oxygen atoms in total. The molecule has 2 rings (SSSR count). The number of esters is 1. The van der Waals surface area contributed by atoms with Gasteiger partial charge >= 0.3 is 5.97 Å². The van der Waals surface area contributed by atoms with Crippen LogP contribution in [0.25, 0.3) is 0 Å². The maximum atomic E-state index is 13.3. The van der Waals surface area contributed by atoms with Crippen molar-refractivity contribution in [2.24, 2.45) is 0 Å². The molecule has 0 aliphatic heterocycles. The van der Waals surface area contributed by atoms with E-state index in [9.17, 15) is 14.0 Å². The lowest BCUT2D eigenvalue weighted by atomic mass is 10.2. The van der Waals surface area contributed by atoms with E-state index in [1.807, 2.05) is 26.8 Å². The summed E-state index contributed by atoms with van der Waals surface area (Å²) < 4.78 is 20.1. The number of halogens is 1. The minimum absolute atomic E-state index is 0.144. The fraction of sp³-hybridized carbons (Fsp3) is 0.421. The van der Waals surface area contributed by atoms with Crippen molar-refractivity contribution in [3.8, 4) is 0 Å². The number of ether oxygens (including phenoxy) is 1. The second-order valence-electron chi connectivity index (χ2n) is 6.10. The topological polar surface area (TPSA) is 64.4 Å². The number of carbonyl (C=O) groups excluding carboxylic acids is 2. The fourth-order valence-corrected chi connectivity index (χ4v) is 2.64. The smallest absolute Gasteiger partial charge is 0.308 e. The van der Waals surface area contributed by atoms with Crippen molar-refractivity contribution in [1.82, 2.24) is 14.7 Å². The van der Waals surface area contributed by atoms with Crippen LogP contribution < -0.4 is 0 Å². The van der Waals surface area contributed by atoms with Crippen LogP contribution in [0.15, 0.2) is 30.3 Å². The van der Waals surface area contributed by atoms with Gasteiger partial charge in [0.1, 0.15) is 5.82 Å². The number of amides is 1. The molecule has 26 heavy (non-hydrogen) atoms. The summed E-state index contributed by atoms with van der Waals surface area (Å²) in [7, 11) is 0. The van der Waals surface area contributed by atoms with Gasteiger partial charge in [0.15, 0.2) is 6.61 Å². The van der Waals surface area contributed by atoms with Gasteiger partial charge in [-0.15, -0.1) is 0 Å². The van der Waals surface area contributed by atoms with Crippen molar-refractivity contribution in [2.45, 2.75) is 40.3 Å². The lowest BCUT2D eigenvalue weighted by Crippen LogP contribution is -2.34. The summed E-state index contributed by atoms with van der Waals surface area (Å²) in [6, 6.07) is 8.02. The Balaban J connectivity index is 1.80. The van der Waals surface area contributed by atoms with Crippen LogP contribution in [0, 0.1) is 19.7 Å². The summed E-state index contributed by atoms with van der Waals surface area (Å²) in [6.45, 7) is 6.43. The van der Waals surface area contributed by atoms with Crippen molar-refractivity contribution in [2.75, 3.05) is 13.2 Å². The molecule has 0 saturated heterocycles. The van der Waals surface area contributed by atoms with Crippen LogP contribution in [0.2, 0.25) is 0 Å². The molecule has 1 amide bonds. The molecule has 0 N–H and O–H groups in total. The van der Waals surface area contributed by atoms with Crippen molar-refractivity contribution in [3.63, 3.8) is 0 Å². The highest BCUT2D eigenvalue weighted by atomic mass is 19.1. The minimum atomic E-state index is -0.451. The molecule has 0 spiro atoms. The first-order valence-electron chi connectivity index (χ1n) is 8.58. The highest BCUT2D eigenvalue weighted by Gasteiger charge is 2.15. The van der Waals surface area contributed by atoms with Crippen LogP contribution in [-0.2, 0) is 27.4 Å². The van der Waals surface area contributed by atoms with Crippen LogP contribution in [0.1, 0.15) is 30.3 Å². The first kappa shape index (κ1) is 19.6. The maximum absolute atomic E-state index is 13.3. The molecule has 1 aromatic heterocycles. The highest BCUT2D eigenvalue weighted by molar-refractivity contribution is 5.80. The van der Waals surface area contributed by atoms with Gasteiger partial charge < -0.3 is 9.64 Å². The van der Waals surface area contributed by atoms with E-state index in [0.29, 0.717) is 18.7 Å². The Morgan fingerprint density at radius 2 is 2.04 bits per heavy atom. The predicted octanol–water partition coefficient (Wildman–Crippen LogP) is 2.62. The summed E-state index contributed by atoms with van der Waals surface area (Å²) >= 11 is 0. The first-order chi connectivity index (χ1) is 12.4. The first-order valence-corrected chi connectivity index (χ1v) is 8.58. The Labute approximate surface area is 152 Å². The molecule has 0 saturated carbocycles. The Kier molecular flexibility index (Phi) is 6.89. The zero-order chi connectivity index (χ0) is 19.1. The van der Waals surface area contributed by atoms with E-state index in [1.165, 1.54) is 17.0 Å². The lowest BCUT2D eigenvalue weighted by molar-refractivity contribution is -0.152. The third-order valence-corrected chi connectivity index (χ3v) is 3.98. The SMILES string of the molecule is CCN(Cc1cccc(F)c1)C(=O)COC(=O)CCn1nc(C)cc1C. The molecule has 0 fully saturated rings. The Morgan fingerprint density at radius 3 is 2.65 bits per heavy atom. The number of aromatic nitrogens is 2. The number of hydrogen-bond acceptors (Lipinski definition) is 4. The van der Waals surface area contributed by atoms with E-state index in [0.717, 1.165) is 11.4 Å². The van der Waals surface area contributed by atoms with Crippen LogP contribution in [0.3, 0.4) is 0 Å². The van der Waals surface area contributed by atoms with E-state index in [1.54, 1.807) is 16.8 Å². The van der Waals surface area contributed by atoms with E-state index < -0.39 is 5.97 Å². The Bertz CT molecular complexity index is 773. The van der Waals surface area contributed by atoms with Gasteiger partial charge in [-0.3, -0.25) is 14.3 Å². The molecular formula is C19H24FN3O3. The number of hydrogen-bond donors (Lipinski definition) is 0. The Morgan fingerprint density at radius 1 is 1.27 bits per heavy atom. The summed E-state index contributed by atoms with van der Waals surface area (Å²) in [4.78, 5) is 25.6. The average molecular weight is 361 g/mol. The Hall–Kier alpha value is -2.70. The molecule has 0 bridgehead atoms. The monoisotopic (exact) mass is 361 g/mol. The summed E-state index contributed by atoms with van der Waals surface area (Å²) in [5.41, 5.74) is 2.55. The average Bonchev–Trinajstić information content (AvgIpc) is 2.93. The van der Waals surface area contributed by atoms with E-state index in [-0.39, 0.29) is 31.3 Å². The molecule has 0 radical (unpaired) electrons. The van der Waals surface area contributed by atoms with Crippen LogP contribution in [0.5, 0.6) is 0 Å². The van der Waals surface area contributed by atoms with E-state index >= 15 is 0 Å². The standard InChI is InChI=1S/C19H24FN3O3/c1-4-22(12-16-6-5-7-17(20)11-16)18(24)13-26-19(25)8-9-23-15(3)10-14(2)21-23/h5-7,10-11H,4,8-9,12-13H2,1-3H3. The van der Waals surface area contributed by atoms with Gasteiger partial charge in [0, 0.05) is 18.8 Å². The van der Waals surface area contributed by atoms with Gasteiger partial charge in [0.25, 0.3) is 5.91 Å². The lowest BCUT2D eigenvalue weighted by Gasteiger charge is -2.21. The highest BCUT2D eigenvalue weighted by Crippen LogP contribution is 2.08. The third-order valence-electron chi connectivity index (χ3n) is 3.98. The molecule has 0 aliphatic carbocycles. The number of nitrogens with zero attached hydrogens (tertiary/aromatic N) is 3. The second-order valence-corrected chi connectivity index (χ2v) is 6.10. The van der Waals surface area contributed by atoms with Crippen molar-refractivity contribution >= 4 is 11.9 Å². The minimum Gasteiger partial charge on any atom is -0.456 e. The molecule has 0 aliphatic rings. The van der Waals surface area contributed by atoms with Gasteiger partial charge in [-0.25, -0.2) is 4.39 Å². The molecule has 0 atom stereocenters. The molecule has 2 aromatic rings. The molecule has 1 heterocycles. The van der Waals surface area contributed by atoms with Gasteiger partial charge in [-0.1, -0.05) is 12.1 Å². The van der Waals surface area contributed by atoms with Crippen molar-refractivity contribution in [1.29, 1.82) is 0 Å². The van der Waals surface area contributed by atoms with E-state index in [2.05, 4.69) is 5.10 Å². The number of carbonyl (C=O) groups is 2. The van der Waals surface area contributed by atoms with Gasteiger partial charge in [0.2, 0.25) is 0 Å². The number of benzene rings is 1. The molecule has 1 aromatic carbocycles. The molecule has 140 valence electrons. The van der Waals surface area contributed by atoms with Crippen LogP contribution in [0.4, 0.5) is 4.39 Å². The number of aryl methyl sites for hydroxylation is 3. The zero-order valence-corrected chi connectivity index (χ0v) is 15.4. The van der Waals surface area contributed by atoms with Crippen LogP contribution >= 0.6 is 0 Å². The normalized spacial score (nSPS) is 10.6. The summed E-state index contributed by atoms with van der Waals surface area (Å²) in [5, 5.41) is 4.28. The summed E-state index contributed by atoms with van der Waals surface area (Å²) in [6.07, 6.45) is 0.144. The van der Waals surface area contributed by atoms with Gasteiger partial charge in [0.05, 0.1) is 18.7 Å². The van der Waals surface area contributed by atoms with Gasteiger partial charge in [-0.2, -0.15) is 5.10 Å².